The number of fused-ring (bicyclic) bond motifs is 2. The van der Waals surface area contributed by atoms with Gasteiger partial charge in [0.1, 0.15) is 24.4 Å². The van der Waals surface area contributed by atoms with Crippen LogP contribution in [-0.2, 0) is 48.5 Å². The van der Waals surface area contributed by atoms with Gasteiger partial charge in [-0.05, 0) is 25.7 Å². The fourth-order valence-corrected chi connectivity index (χ4v) is 6.87. The van der Waals surface area contributed by atoms with E-state index in [0.29, 0.717) is 0 Å². The van der Waals surface area contributed by atoms with Crippen molar-refractivity contribution in [3.8, 4) is 6.07 Å². The molecule has 30 heavy (non-hydrogen) atoms. The Labute approximate surface area is 183 Å². The number of rotatable bonds is 3. The van der Waals surface area contributed by atoms with Crippen LogP contribution in [0.3, 0.4) is 0 Å². The van der Waals surface area contributed by atoms with Gasteiger partial charge in [0.25, 0.3) is 0 Å². The molecule has 3 aliphatic heterocycles. The third-order valence-electron chi connectivity index (χ3n) is 4.80. The Morgan fingerprint density at radius 1 is 1.10 bits per heavy atom. The molecule has 10 atom stereocenters. The monoisotopic (exact) mass is 509 g/mol. The first kappa shape index (κ1) is 24.9. The number of ether oxygens (including phenoxy) is 2. The number of nitrogens with zero attached hydrogens (tertiary/aromatic N) is 1. The van der Waals surface area contributed by atoms with Gasteiger partial charge in [-0.1, -0.05) is 12.2 Å². The Bertz CT molecular complexity index is 761. The van der Waals surface area contributed by atoms with Crippen molar-refractivity contribution in [1.82, 2.24) is 0 Å². The summed E-state index contributed by atoms with van der Waals surface area (Å²) in [7, 11) is 0. The molecule has 0 aliphatic carbocycles. The molecule has 0 bridgehead atoms. The van der Waals surface area contributed by atoms with Crippen LogP contribution in [0.2, 0.25) is 0 Å². The number of hydrogen-bond acceptors (Lipinski definition) is 10. The van der Waals surface area contributed by atoms with Crippen LogP contribution >= 0.6 is 25.8 Å². The lowest BCUT2D eigenvalue weighted by atomic mass is 10.1. The van der Waals surface area contributed by atoms with Crippen LogP contribution in [0.25, 0.3) is 0 Å². The number of nitriles is 1. The molecule has 3 rings (SSSR count). The third kappa shape index (κ3) is 5.80. The third-order valence-corrected chi connectivity index (χ3v) is 8.78. The van der Waals surface area contributed by atoms with E-state index in [9.17, 15) is 13.3 Å². The van der Waals surface area contributed by atoms with Crippen molar-refractivity contribution in [3.05, 3.63) is 0 Å². The normalized spacial score (nSPS) is 50.0. The van der Waals surface area contributed by atoms with Gasteiger partial charge in [-0.25, -0.2) is 13.3 Å². The Morgan fingerprint density at radius 2 is 1.63 bits per heavy atom. The quantitative estimate of drug-likeness (QED) is 0.346. The van der Waals surface area contributed by atoms with Gasteiger partial charge >= 0.3 is 13.5 Å². The molecule has 0 saturated carbocycles. The number of alkyl halides is 2. The minimum Gasteiger partial charge on any atom is -0.367 e. The predicted octanol–water partition coefficient (Wildman–Crippen LogP) is 3.25. The average molecular weight is 509 g/mol. The highest BCUT2D eigenvalue weighted by molar-refractivity contribution is 8.44. The van der Waals surface area contributed by atoms with Gasteiger partial charge in [0.2, 0.25) is 0 Å². The van der Waals surface area contributed by atoms with E-state index < -0.39 is 69.1 Å². The molecule has 3 fully saturated rings. The topological polar surface area (TPSA) is 105 Å². The average Bonchev–Trinajstić information content (AvgIpc) is 3.09. The van der Waals surface area contributed by atoms with Crippen molar-refractivity contribution >= 4 is 37.6 Å². The fourth-order valence-electron chi connectivity index (χ4n) is 3.29. The van der Waals surface area contributed by atoms with E-state index in [-0.39, 0.29) is 19.6 Å². The van der Waals surface area contributed by atoms with Crippen LogP contribution in [0.15, 0.2) is 0 Å². The van der Waals surface area contributed by atoms with Gasteiger partial charge in [0, 0.05) is 0 Å². The summed E-state index contributed by atoms with van der Waals surface area (Å²) in [5.41, 5.74) is 0. The molecule has 0 N–H and O–H groups in total. The second-order valence-corrected chi connectivity index (χ2v) is 12.9. The highest BCUT2D eigenvalue weighted by atomic mass is 32.7. The Kier molecular flexibility index (Phi) is 8.36. The molecule has 0 amide bonds. The molecule has 0 radical (unpaired) electrons. The van der Waals surface area contributed by atoms with Crippen LogP contribution in [0, 0.1) is 11.3 Å². The summed E-state index contributed by atoms with van der Waals surface area (Å²) in [5, 5.41) is 8.75. The second-order valence-electron chi connectivity index (χ2n) is 7.04. The SMILES string of the molecule is C[C@@H]1O[C@@H]2CO[P@](=S)(OCCC#N)O[C@H]3[C@@H](F)[C@H](C)O[C@@H]3CO[P@@](=O)(S)O[C@H]2[C@H]1F. The zero-order valence-corrected chi connectivity index (χ0v) is 19.7. The standard InChI is InChI=1S/C15H23F2NO8P2S2/c1-8-12(16)14-11(24-8)7-22-28(30,20-5-3-4-18)26-15-10(23-9(2)13(15)17)6-21-27(19,29)25-14/h8-15H,3,5-7H2,1-2H3,(H,19,29)/t8-,9-,10+,11+,12-,13-,14+,15+,27+,28+/m0/s1. The first-order chi connectivity index (χ1) is 14.1. The number of halogens is 2. The minimum atomic E-state index is -4.04. The van der Waals surface area contributed by atoms with Crippen LogP contribution in [0.1, 0.15) is 20.3 Å². The summed E-state index contributed by atoms with van der Waals surface area (Å²) in [6.07, 6.45) is -9.54. The summed E-state index contributed by atoms with van der Waals surface area (Å²) in [5.74, 6) is 0. The summed E-state index contributed by atoms with van der Waals surface area (Å²) in [4.78, 5) is 0. The van der Waals surface area contributed by atoms with Gasteiger partial charge < -0.3 is 18.5 Å². The van der Waals surface area contributed by atoms with E-state index in [1.54, 1.807) is 0 Å². The van der Waals surface area contributed by atoms with Crippen LogP contribution in [-0.4, -0.2) is 68.8 Å². The Balaban J connectivity index is 1.87. The van der Waals surface area contributed by atoms with Crippen molar-refractivity contribution in [1.29, 1.82) is 5.26 Å². The summed E-state index contributed by atoms with van der Waals surface area (Å²) in [6, 6.07) is 1.90. The zero-order chi connectivity index (χ0) is 22.1. The van der Waals surface area contributed by atoms with Crippen molar-refractivity contribution < 1.29 is 45.4 Å². The largest absolute Gasteiger partial charge is 0.386 e. The smallest absolute Gasteiger partial charge is 0.367 e. The van der Waals surface area contributed by atoms with Crippen LogP contribution in [0.4, 0.5) is 8.78 Å². The number of hydrogen-bond donors (Lipinski definition) is 1. The van der Waals surface area contributed by atoms with Gasteiger partial charge in [-0.15, -0.1) is 0 Å². The molecule has 0 aromatic carbocycles. The molecule has 0 spiro atoms. The summed E-state index contributed by atoms with van der Waals surface area (Å²) < 4.78 is 80.3. The molecule has 172 valence electrons. The van der Waals surface area contributed by atoms with E-state index in [2.05, 4.69) is 12.2 Å². The maximum absolute atomic E-state index is 14.7. The lowest BCUT2D eigenvalue weighted by Gasteiger charge is -2.31. The van der Waals surface area contributed by atoms with E-state index in [4.69, 9.17) is 49.2 Å². The maximum atomic E-state index is 14.7. The molecular formula is C15H23F2NO8P2S2. The zero-order valence-electron chi connectivity index (χ0n) is 16.2. The molecule has 3 saturated heterocycles. The molecule has 0 aromatic rings. The molecule has 0 unspecified atom stereocenters. The Hall–Kier alpha value is 0.300. The first-order valence-corrected chi connectivity index (χ1v) is 14.5. The molecular weight excluding hydrogens is 486 g/mol. The highest BCUT2D eigenvalue weighted by Gasteiger charge is 2.51. The summed E-state index contributed by atoms with van der Waals surface area (Å²) >= 11 is 9.27. The van der Waals surface area contributed by atoms with E-state index in [1.165, 1.54) is 13.8 Å². The van der Waals surface area contributed by atoms with Gasteiger partial charge in [0.05, 0.1) is 44.5 Å². The molecule has 3 heterocycles. The van der Waals surface area contributed by atoms with Crippen molar-refractivity contribution in [2.45, 2.75) is 69.2 Å². The van der Waals surface area contributed by atoms with Gasteiger partial charge in [-0.3, -0.25) is 13.6 Å². The maximum Gasteiger partial charge on any atom is 0.386 e. The fraction of sp³-hybridized carbons (Fsp3) is 0.933. The van der Waals surface area contributed by atoms with E-state index in [1.807, 2.05) is 6.07 Å². The van der Waals surface area contributed by atoms with Crippen LogP contribution in [0.5, 0.6) is 0 Å². The molecule has 9 nitrogen and oxygen atoms in total. The first-order valence-electron chi connectivity index (χ1n) is 9.24. The molecule has 3 aliphatic rings. The van der Waals surface area contributed by atoms with Crippen LogP contribution < -0.4 is 0 Å². The highest BCUT2D eigenvalue weighted by Crippen LogP contribution is 2.58. The van der Waals surface area contributed by atoms with Gasteiger partial charge in [-0.2, -0.15) is 5.26 Å². The Morgan fingerprint density at radius 3 is 2.20 bits per heavy atom. The predicted molar refractivity (Wildman–Crippen MR) is 107 cm³/mol. The number of thiol groups is 1. The van der Waals surface area contributed by atoms with E-state index in [0.717, 1.165) is 0 Å². The summed E-state index contributed by atoms with van der Waals surface area (Å²) in [6.45, 7) is -5.50. The molecule has 0 aromatic heterocycles. The van der Waals surface area contributed by atoms with Crippen molar-refractivity contribution in [3.63, 3.8) is 0 Å². The lowest BCUT2D eigenvalue weighted by molar-refractivity contribution is -0.0381. The van der Waals surface area contributed by atoms with Crippen molar-refractivity contribution in [2.24, 2.45) is 0 Å². The van der Waals surface area contributed by atoms with Gasteiger partial charge in [0.15, 0.2) is 12.3 Å². The lowest BCUT2D eigenvalue weighted by Crippen LogP contribution is -2.37. The second kappa shape index (κ2) is 10.1. The minimum absolute atomic E-state index is 0.00631. The van der Waals surface area contributed by atoms with E-state index >= 15 is 0 Å². The van der Waals surface area contributed by atoms with Crippen molar-refractivity contribution in [2.75, 3.05) is 19.8 Å². The molecule has 15 heteroatoms.